The number of aliphatic hydroxyl groups is 1. The van der Waals surface area contributed by atoms with Gasteiger partial charge in [-0.1, -0.05) is 6.92 Å². The van der Waals surface area contributed by atoms with Crippen molar-refractivity contribution in [3.05, 3.63) is 24.3 Å². The maximum Gasteiger partial charge on any atom is 0.233 e. The van der Waals surface area contributed by atoms with Crippen LogP contribution in [0, 0.1) is 5.41 Å². The minimum atomic E-state index is -0.561. The van der Waals surface area contributed by atoms with Crippen LogP contribution in [0.15, 0.2) is 24.3 Å². The molecule has 1 saturated carbocycles. The van der Waals surface area contributed by atoms with Gasteiger partial charge in [-0.15, -0.1) is 0 Å². The molecule has 1 amide bonds. The Morgan fingerprint density at radius 3 is 2.29 bits per heavy atom. The lowest BCUT2D eigenvalue weighted by molar-refractivity contribution is -0.130. The normalized spacial score (nSPS) is 30.4. The zero-order chi connectivity index (χ0) is 17.4. The van der Waals surface area contributed by atoms with Crippen molar-refractivity contribution >= 4 is 11.6 Å². The summed E-state index contributed by atoms with van der Waals surface area (Å²) in [4.78, 5) is 15.0. The summed E-state index contributed by atoms with van der Waals surface area (Å²) in [6.45, 7) is 6.81. The molecule has 132 valence electrons. The first kappa shape index (κ1) is 17.3. The van der Waals surface area contributed by atoms with E-state index in [0.717, 1.165) is 56.5 Å². The van der Waals surface area contributed by atoms with Gasteiger partial charge in [-0.2, -0.15) is 0 Å². The number of benzene rings is 1. The zero-order valence-corrected chi connectivity index (χ0v) is 15.0. The van der Waals surface area contributed by atoms with Gasteiger partial charge in [0.05, 0.1) is 17.1 Å². The summed E-state index contributed by atoms with van der Waals surface area (Å²) >= 11 is 0. The van der Waals surface area contributed by atoms with Gasteiger partial charge in [0.15, 0.2) is 0 Å². The molecule has 1 heterocycles. The number of carbonyl (C=O) groups excluding carboxylic acids is 1. The molecule has 1 aliphatic heterocycles. The van der Waals surface area contributed by atoms with Crippen LogP contribution in [0.5, 0.6) is 5.75 Å². The Balaban J connectivity index is 1.70. The molecule has 4 nitrogen and oxygen atoms in total. The van der Waals surface area contributed by atoms with Crippen molar-refractivity contribution in [3.8, 4) is 5.75 Å². The molecule has 1 N–H and O–H groups in total. The van der Waals surface area contributed by atoms with Crippen molar-refractivity contribution in [2.24, 2.45) is 5.41 Å². The smallest absolute Gasteiger partial charge is 0.233 e. The van der Waals surface area contributed by atoms with E-state index in [1.54, 1.807) is 0 Å². The van der Waals surface area contributed by atoms with Gasteiger partial charge in [-0.3, -0.25) is 4.79 Å². The van der Waals surface area contributed by atoms with E-state index >= 15 is 0 Å². The van der Waals surface area contributed by atoms with Crippen LogP contribution in [0.4, 0.5) is 5.69 Å². The number of ether oxygens (including phenoxy) is 1. The van der Waals surface area contributed by atoms with Gasteiger partial charge in [-0.05, 0) is 76.6 Å². The van der Waals surface area contributed by atoms with Crippen LogP contribution >= 0.6 is 0 Å². The molecule has 1 aliphatic carbocycles. The molecular formula is C20H29NO3. The molecule has 1 aromatic carbocycles. The molecule has 0 radical (unpaired) electrons. The van der Waals surface area contributed by atoms with Crippen LogP contribution in [0.1, 0.15) is 59.3 Å². The largest absolute Gasteiger partial charge is 0.491 e. The number of rotatable bonds is 4. The third-order valence-electron chi connectivity index (χ3n) is 5.83. The monoisotopic (exact) mass is 331 g/mol. The summed E-state index contributed by atoms with van der Waals surface area (Å²) in [5.74, 6) is 1.07. The van der Waals surface area contributed by atoms with E-state index in [-0.39, 0.29) is 17.4 Å². The van der Waals surface area contributed by atoms with E-state index < -0.39 is 5.60 Å². The molecule has 0 unspecified atom stereocenters. The Kier molecular flexibility index (Phi) is 4.60. The first-order valence-corrected chi connectivity index (χ1v) is 9.19. The number of hydrogen-bond donors (Lipinski definition) is 1. The lowest BCUT2D eigenvalue weighted by Gasteiger charge is -2.40. The van der Waals surface area contributed by atoms with Gasteiger partial charge in [0.1, 0.15) is 5.75 Å². The van der Waals surface area contributed by atoms with E-state index in [2.05, 4.69) is 0 Å². The fourth-order valence-electron chi connectivity index (χ4n) is 4.06. The van der Waals surface area contributed by atoms with Gasteiger partial charge in [0.25, 0.3) is 0 Å². The summed E-state index contributed by atoms with van der Waals surface area (Å²) < 4.78 is 5.67. The fraction of sp³-hybridized carbons (Fsp3) is 0.650. The molecule has 1 aromatic rings. The van der Waals surface area contributed by atoms with E-state index in [0.29, 0.717) is 0 Å². The quantitative estimate of drug-likeness (QED) is 0.910. The Bertz CT molecular complexity index is 585. The van der Waals surface area contributed by atoms with Gasteiger partial charge < -0.3 is 14.7 Å². The topological polar surface area (TPSA) is 49.8 Å². The molecular weight excluding hydrogens is 302 g/mol. The van der Waals surface area contributed by atoms with E-state index in [1.807, 2.05) is 49.9 Å². The third kappa shape index (κ3) is 3.16. The number of amides is 1. The van der Waals surface area contributed by atoms with Gasteiger partial charge in [0, 0.05) is 12.2 Å². The fourth-order valence-corrected chi connectivity index (χ4v) is 4.06. The minimum absolute atomic E-state index is 0.145. The van der Waals surface area contributed by atoms with Gasteiger partial charge in [-0.25, -0.2) is 0 Å². The van der Waals surface area contributed by atoms with Crippen molar-refractivity contribution in [2.75, 3.05) is 11.4 Å². The molecule has 24 heavy (non-hydrogen) atoms. The molecule has 1 spiro atoms. The Morgan fingerprint density at radius 2 is 1.75 bits per heavy atom. The second-order valence-corrected chi connectivity index (χ2v) is 7.73. The van der Waals surface area contributed by atoms with E-state index in [1.165, 1.54) is 0 Å². The van der Waals surface area contributed by atoms with Gasteiger partial charge >= 0.3 is 0 Å². The molecule has 4 heteroatoms. The molecule has 0 aromatic heterocycles. The number of carbonyl (C=O) groups is 1. The van der Waals surface area contributed by atoms with Crippen LogP contribution < -0.4 is 9.64 Å². The minimum Gasteiger partial charge on any atom is -0.491 e. The predicted octanol–water partition coefficient (Wildman–Crippen LogP) is 3.91. The van der Waals surface area contributed by atoms with E-state index in [4.69, 9.17) is 4.74 Å². The molecule has 2 fully saturated rings. The zero-order valence-electron chi connectivity index (χ0n) is 15.0. The lowest BCUT2D eigenvalue weighted by atomic mass is 9.67. The van der Waals surface area contributed by atoms with Crippen molar-refractivity contribution in [1.29, 1.82) is 0 Å². The first-order chi connectivity index (χ1) is 11.4. The highest BCUT2D eigenvalue weighted by Gasteiger charge is 2.51. The predicted molar refractivity (Wildman–Crippen MR) is 95.3 cm³/mol. The molecule has 0 bridgehead atoms. The molecule has 3 rings (SSSR count). The van der Waals surface area contributed by atoms with Crippen LogP contribution in [0.25, 0.3) is 0 Å². The van der Waals surface area contributed by atoms with Crippen LogP contribution in [-0.2, 0) is 4.79 Å². The molecule has 0 atom stereocenters. The highest BCUT2D eigenvalue weighted by Crippen LogP contribution is 2.49. The van der Waals surface area contributed by atoms with Crippen LogP contribution in [-0.4, -0.2) is 29.3 Å². The number of anilines is 1. The van der Waals surface area contributed by atoms with Crippen molar-refractivity contribution in [1.82, 2.24) is 0 Å². The third-order valence-corrected chi connectivity index (χ3v) is 5.83. The number of hydrogen-bond acceptors (Lipinski definition) is 3. The van der Waals surface area contributed by atoms with Crippen molar-refractivity contribution in [2.45, 2.75) is 71.0 Å². The Labute approximate surface area is 144 Å². The average Bonchev–Trinajstić information content (AvgIpc) is 2.88. The van der Waals surface area contributed by atoms with Crippen LogP contribution in [0.3, 0.4) is 0 Å². The second kappa shape index (κ2) is 6.40. The summed E-state index contributed by atoms with van der Waals surface area (Å²) in [5, 5.41) is 10.5. The van der Waals surface area contributed by atoms with Crippen molar-refractivity contribution < 1.29 is 14.6 Å². The maximum absolute atomic E-state index is 13.1. The van der Waals surface area contributed by atoms with Gasteiger partial charge in [0.2, 0.25) is 5.91 Å². The standard InChI is InChI=1S/C20H29NO3/c1-4-20(23)11-9-19(10-12-20)13-14-21(18(19)22)16-5-7-17(8-6-16)24-15(2)3/h5-8,15,23H,4,9-14H2,1-3H3/t19-,20-. The number of nitrogens with zero attached hydrogens (tertiary/aromatic N) is 1. The SMILES string of the molecule is CC[C@]1(O)CC[C@@]2(CCN(c3ccc(OC(C)C)cc3)C2=O)CC1. The summed E-state index contributed by atoms with van der Waals surface area (Å²) in [7, 11) is 0. The maximum atomic E-state index is 13.1. The highest BCUT2D eigenvalue weighted by molar-refractivity contribution is 6.00. The average molecular weight is 331 g/mol. The van der Waals surface area contributed by atoms with E-state index in [9.17, 15) is 9.90 Å². The van der Waals surface area contributed by atoms with Crippen LogP contribution in [0.2, 0.25) is 0 Å². The molecule has 1 saturated heterocycles. The van der Waals surface area contributed by atoms with Crippen molar-refractivity contribution in [3.63, 3.8) is 0 Å². The first-order valence-electron chi connectivity index (χ1n) is 9.19. The summed E-state index contributed by atoms with van der Waals surface area (Å²) in [5.41, 5.74) is 0.132. The Morgan fingerprint density at radius 1 is 1.12 bits per heavy atom. The summed E-state index contributed by atoms with van der Waals surface area (Å²) in [6.07, 6.45) is 4.91. The lowest BCUT2D eigenvalue weighted by Crippen LogP contribution is -2.43. The second-order valence-electron chi connectivity index (χ2n) is 7.73. The summed E-state index contributed by atoms with van der Waals surface area (Å²) in [6, 6.07) is 7.81. The molecule has 2 aliphatic rings. The highest BCUT2D eigenvalue weighted by atomic mass is 16.5. The Hall–Kier alpha value is -1.55.